The van der Waals surface area contributed by atoms with Gasteiger partial charge in [0.05, 0.1) is 17.6 Å². The Hall–Kier alpha value is -3.45. The van der Waals surface area contributed by atoms with Gasteiger partial charge >= 0.3 is 0 Å². The van der Waals surface area contributed by atoms with Crippen LogP contribution in [0.25, 0.3) is 5.76 Å². The molecule has 1 aliphatic rings. The molecule has 0 bridgehead atoms. The minimum Gasteiger partial charge on any atom is -0.507 e. The van der Waals surface area contributed by atoms with E-state index in [1.807, 2.05) is 10.8 Å². The Morgan fingerprint density at radius 1 is 1.07 bits per heavy atom. The minimum atomic E-state index is -0.760. The molecular weight excluding hydrogens is 404 g/mol. The lowest BCUT2D eigenvalue weighted by atomic mass is 9.98. The van der Waals surface area contributed by atoms with E-state index in [9.17, 15) is 14.7 Å². The van der Waals surface area contributed by atoms with Crippen LogP contribution in [0.5, 0.6) is 0 Å². The predicted molar refractivity (Wildman–Crippen MR) is 112 cm³/mol. The van der Waals surface area contributed by atoms with Gasteiger partial charge in [0.1, 0.15) is 11.8 Å². The topological polar surface area (TPSA) is 88.3 Å². The van der Waals surface area contributed by atoms with Crippen LogP contribution in [-0.2, 0) is 16.1 Å². The number of benzene rings is 1. The van der Waals surface area contributed by atoms with Crippen LogP contribution >= 0.6 is 11.6 Å². The van der Waals surface area contributed by atoms with Gasteiger partial charge in [0.25, 0.3) is 11.7 Å². The molecule has 2 aromatic heterocycles. The van der Waals surface area contributed by atoms with Crippen molar-refractivity contribution in [2.75, 3.05) is 6.54 Å². The van der Waals surface area contributed by atoms with Crippen molar-refractivity contribution in [3.8, 4) is 0 Å². The fourth-order valence-electron chi connectivity index (χ4n) is 3.56. The van der Waals surface area contributed by atoms with Gasteiger partial charge in [-0.15, -0.1) is 0 Å². The number of pyridine rings is 1. The molecule has 3 aromatic rings. The normalized spacial score (nSPS) is 18.2. The lowest BCUT2D eigenvalue weighted by Gasteiger charge is -2.24. The number of carbonyl (C=O) groups excluding carboxylic acids is 2. The molecule has 0 radical (unpaired) electrons. The molecule has 1 N–H and O–H groups in total. The van der Waals surface area contributed by atoms with Crippen LogP contribution in [0.3, 0.4) is 0 Å². The summed E-state index contributed by atoms with van der Waals surface area (Å²) in [4.78, 5) is 35.6. The summed E-state index contributed by atoms with van der Waals surface area (Å²) in [5.74, 6) is -1.61. The summed E-state index contributed by atoms with van der Waals surface area (Å²) >= 11 is 5.93. The molecule has 7 nitrogen and oxygen atoms in total. The van der Waals surface area contributed by atoms with Gasteiger partial charge in [0.2, 0.25) is 0 Å². The fourth-order valence-corrected chi connectivity index (χ4v) is 3.69. The van der Waals surface area contributed by atoms with Crippen molar-refractivity contribution in [1.29, 1.82) is 0 Å². The smallest absolute Gasteiger partial charge is 0.295 e. The van der Waals surface area contributed by atoms with Crippen LogP contribution in [0.15, 0.2) is 73.0 Å². The van der Waals surface area contributed by atoms with E-state index < -0.39 is 17.7 Å². The third kappa shape index (κ3) is 3.84. The first-order valence-electron chi connectivity index (χ1n) is 9.47. The number of aliphatic hydroxyl groups is 1. The van der Waals surface area contributed by atoms with E-state index in [2.05, 4.69) is 9.97 Å². The maximum Gasteiger partial charge on any atom is 0.295 e. The van der Waals surface area contributed by atoms with E-state index in [4.69, 9.17) is 11.6 Å². The molecule has 1 amide bonds. The van der Waals surface area contributed by atoms with Crippen molar-refractivity contribution in [1.82, 2.24) is 19.4 Å². The highest BCUT2D eigenvalue weighted by molar-refractivity contribution is 6.46. The first-order valence-corrected chi connectivity index (χ1v) is 9.85. The number of Topliss-reactive ketones (excluding diaryl/α,β-unsaturated/α-hetero) is 1. The van der Waals surface area contributed by atoms with Crippen molar-refractivity contribution >= 4 is 29.1 Å². The van der Waals surface area contributed by atoms with Crippen LogP contribution in [0, 0.1) is 0 Å². The molecule has 152 valence electrons. The van der Waals surface area contributed by atoms with Gasteiger partial charge < -0.3 is 14.6 Å². The molecule has 1 atom stereocenters. The third-order valence-corrected chi connectivity index (χ3v) is 5.25. The number of amides is 1. The van der Waals surface area contributed by atoms with E-state index in [0.29, 0.717) is 35.8 Å². The number of aromatic nitrogens is 3. The predicted octanol–water partition coefficient (Wildman–Crippen LogP) is 3.44. The first kappa shape index (κ1) is 19.8. The maximum absolute atomic E-state index is 12.9. The summed E-state index contributed by atoms with van der Waals surface area (Å²) < 4.78 is 1.90. The SMILES string of the molecule is O=C1C(=O)N(CCCn2ccnc2)[C@H](c2ccccn2)C1=C(O)c1ccc(Cl)cc1. The number of ketones is 1. The van der Waals surface area contributed by atoms with E-state index in [-0.39, 0.29) is 11.3 Å². The Balaban J connectivity index is 1.71. The average molecular weight is 423 g/mol. The lowest BCUT2D eigenvalue weighted by molar-refractivity contribution is -0.140. The Morgan fingerprint density at radius 2 is 1.87 bits per heavy atom. The molecule has 0 saturated carbocycles. The largest absolute Gasteiger partial charge is 0.507 e. The maximum atomic E-state index is 12.9. The van der Waals surface area contributed by atoms with Crippen LogP contribution in [0.4, 0.5) is 0 Å². The number of aliphatic hydroxyl groups excluding tert-OH is 1. The van der Waals surface area contributed by atoms with E-state index in [0.717, 1.165) is 0 Å². The number of likely N-dealkylation sites (tertiary alicyclic amines) is 1. The zero-order chi connectivity index (χ0) is 21.1. The molecule has 1 fully saturated rings. The summed E-state index contributed by atoms with van der Waals surface area (Å²) in [6, 6.07) is 11.0. The molecule has 1 aliphatic heterocycles. The number of aryl methyl sites for hydroxylation is 1. The number of carbonyl (C=O) groups is 2. The van der Waals surface area contributed by atoms with Gasteiger partial charge in [0, 0.05) is 42.3 Å². The molecule has 1 saturated heterocycles. The van der Waals surface area contributed by atoms with Gasteiger partial charge in [-0.25, -0.2) is 4.98 Å². The zero-order valence-electron chi connectivity index (χ0n) is 16.0. The Labute approximate surface area is 178 Å². The number of rotatable bonds is 6. The molecule has 3 heterocycles. The molecule has 0 unspecified atom stereocenters. The van der Waals surface area contributed by atoms with Crippen LogP contribution in [-0.4, -0.2) is 42.8 Å². The third-order valence-electron chi connectivity index (χ3n) is 5.00. The zero-order valence-corrected chi connectivity index (χ0v) is 16.7. The Kier molecular flexibility index (Phi) is 5.63. The van der Waals surface area contributed by atoms with Crippen molar-refractivity contribution in [3.05, 3.63) is 89.2 Å². The van der Waals surface area contributed by atoms with Crippen LogP contribution in [0.2, 0.25) is 5.02 Å². The van der Waals surface area contributed by atoms with Crippen LogP contribution < -0.4 is 0 Å². The van der Waals surface area contributed by atoms with Crippen LogP contribution in [0.1, 0.15) is 23.7 Å². The first-order chi connectivity index (χ1) is 14.6. The number of nitrogens with zero attached hydrogens (tertiary/aromatic N) is 4. The highest BCUT2D eigenvalue weighted by atomic mass is 35.5. The number of halogens is 1. The lowest BCUT2D eigenvalue weighted by Crippen LogP contribution is -2.31. The van der Waals surface area contributed by atoms with Gasteiger partial charge in [-0.1, -0.05) is 17.7 Å². The molecule has 0 aliphatic carbocycles. The van der Waals surface area contributed by atoms with Gasteiger partial charge in [0.15, 0.2) is 0 Å². The Bertz CT molecular complexity index is 1080. The van der Waals surface area contributed by atoms with E-state index >= 15 is 0 Å². The second-order valence-corrected chi connectivity index (χ2v) is 7.34. The summed E-state index contributed by atoms with van der Waals surface area (Å²) in [6.45, 7) is 0.983. The van der Waals surface area contributed by atoms with E-state index in [1.165, 1.54) is 4.90 Å². The summed E-state index contributed by atoms with van der Waals surface area (Å²) in [7, 11) is 0. The van der Waals surface area contributed by atoms with Gasteiger partial charge in [-0.2, -0.15) is 0 Å². The summed E-state index contributed by atoms with van der Waals surface area (Å²) in [6.07, 6.45) is 7.44. The number of imidazole rings is 1. The van der Waals surface area contributed by atoms with Crippen molar-refractivity contribution in [2.45, 2.75) is 19.0 Å². The molecule has 1 aromatic carbocycles. The fraction of sp³-hybridized carbons (Fsp3) is 0.182. The molecule has 8 heteroatoms. The minimum absolute atomic E-state index is 0.0312. The monoisotopic (exact) mass is 422 g/mol. The van der Waals surface area contributed by atoms with E-state index in [1.54, 1.807) is 61.2 Å². The number of hydrogen-bond acceptors (Lipinski definition) is 5. The van der Waals surface area contributed by atoms with Gasteiger partial charge in [-0.3, -0.25) is 14.6 Å². The summed E-state index contributed by atoms with van der Waals surface area (Å²) in [5, 5.41) is 11.4. The summed E-state index contributed by atoms with van der Waals surface area (Å²) in [5.41, 5.74) is 0.968. The molecular formula is C22H19ClN4O3. The molecule has 0 spiro atoms. The molecule has 30 heavy (non-hydrogen) atoms. The second-order valence-electron chi connectivity index (χ2n) is 6.91. The quantitative estimate of drug-likeness (QED) is 0.373. The van der Waals surface area contributed by atoms with Crippen molar-refractivity contribution in [2.24, 2.45) is 0 Å². The highest BCUT2D eigenvalue weighted by Crippen LogP contribution is 2.38. The second kappa shape index (κ2) is 8.51. The standard InChI is InChI=1S/C22H19ClN4O3/c23-16-7-5-15(6-8-16)20(28)18-19(17-4-1-2-9-25-17)27(22(30)21(18)29)12-3-11-26-13-10-24-14-26/h1-2,4-10,13-14,19,28H,3,11-12H2/t19-/m1/s1. The number of hydrogen-bond donors (Lipinski definition) is 1. The molecule has 4 rings (SSSR count). The average Bonchev–Trinajstić information content (AvgIpc) is 3.37. The highest BCUT2D eigenvalue weighted by Gasteiger charge is 2.46. The van der Waals surface area contributed by atoms with Crippen molar-refractivity contribution in [3.63, 3.8) is 0 Å². The van der Waals surface area contributed by atoms with Crippen molar-refractivity contribution < 1.29 is 14.7 Å². The van der Waals surface area contributed by atoms with Gasteiger partial charge in [-0.05, 0) is 42.8 Å². The Morgan fingerprint density at radius 3 is 2.53 bits per heavy atom.